The molecule has 0 saturated heterocycles. The Morgan fingerprint density at radius 3 is 2.43 bits per heavy atom. The van der Waals surface area contributed by atoms with Crippen molar-refractivity contribution in [2.75, 3.05) is 25.1 Å². The normalized spacial score (nSPS) is 11.6. The van der Waals surface area contributed by atoms with E-state index >= 15 is 0 Å². The van der Waals surface area contributed by atoms with Crippen LogP contribution >= 0.6 is 0 Å². The van der Waals surface area contributed by atoms with E-state index in [1.807, 2.05) is 7.05 Å². The van der Waals surface area contributed by atoms with E-state index < -0.39 is 9.84 Å². The quantitative estimate of drug-likeness (QED) is 0.602. The molecule has 0 saturated carbocycles. The molecule has 0 spiro atoms. The maximum atomic E-state index is 11.2. The molecular formula is C9H19NO3S. The van der Waals surface area contributed by atoms with Crippen molar-refractivity contribution < 1.29 is 13.2 Å². The van der Waals surface area contributed by atoms with Gasteiger partial charge in [0.15, 0.2) is 0 Å². The number of ketones is 1. The van der Waals surface area contributed by atoms with Gasteiger partial charge in [0, 0.05) is 18.6 Å². The Morgan fingerprint density at radius 1 is 1.29 bits per heavy atom. The molecule has 0 atom stereocenters. The third-order valence-electron chi connectivity index (χ3n) is 2.01. The number of Topliss-reactive ketones (excluding diaryl/α,β-unsaturated/α-hetero) is 1. The Hall–Kier alpha value is -0.420. The van der Waals surface area contributed by atoms with Crippen molar-refractivity contribution >= 4 is 15.6 Å². The van der Waals surface area contributed by atoms with Crippen LogP contribution < -0.4 is 5.32 Å². The minimum Gasteiger partial charge on any atom is -0.320 e. The van der Waals surface area contributed by atoms with Crippen molar-refractivity contribution in [1.82, 2.24) is 5.32 Å². The number of carbonyl (C=O) groups is 1. The van der Waals surface area contributed by atoms with Gasteiger partial charge >= 0.3 is 0 Å². The Labute approximate surface area is 86.0 Å². The standard InChI is InChI=1S/C9H19NO3S/c1-3-14(12,13)8-6-9(11)5-4-7-10-2/h10H,3-8H2,1-2H3. The average Bonchev–Trinajstić information content (AvgIpc) is 2.16. The summed E-state index contributed by atoms with van der Waals surface area (Å²) in [6.45, 7) is 2.40. The summed E-state index contributed by atoms with van der Waals surface area (Å²) >= 11 is 0. The summed E-state index contributed by atoms with van der Waals surface area (Å²) < 4.78 is 22.1. The molecule has 84 valence electrons. The van der Waals surface area contributed by atoms with Gasteiger partial charge in [0.2, 0.25) is 0 Å². The zero-order valence-corrected chi connectivity index (χ0v) is 9.69. The van der Waals surface area contributed by atoms with Crippen LogP contribution in [-0.4, -0.2) is 39.3 Å². The maximum absolute atomic E-state index is 11.2. The lowest BCUT2D eigenvalue weighted by atomic mass is 10.2. The van der Waals surface area contributed by atoms with Crippen molar-refractivity contribution in [3.8, 4) is 0 Å². The first-order valence-corrected chi connectivity index (χ1v) is 6.70. The summed E-state index contributed by atoms with van der Waals surface area (Å²) in [6, 6.07) is 0. The second-order valence-electron chi connectivity index (χ2n) is 3.23. The predicted molar refractivity (Wildman–Crippen MR) is 57.1 cm³/mol. The van der Waals surface area contributed by atoms with Crippen molar-refractivity contribution in [3.63, 3.8) is 0 Å². The van der Waals surface area contributed by atoms with E-state index in [0.717, 1.165) is 13.0 Å². The third-order valence-corrected chi connectivity index (χ3v) is 3.72. The van der Waals surface area contributed by atoms with Crippen LogP contribution in [0.1, 0.15) is 26.2 Å². The van der Waals surface area contributed by atoms with Crippen LogP contribution in [0.15, 0.2) is 0 Å². The van der Waals surface area contributed by atoms with Crippen LogP contribution in [0.4, 0.5) is 0 Å². The van der Waals surface area contributed by atoms with Gasteiger partial charge in [-0.3, -0.25) is 4.79 Å². The highest BCUT2D eigenvalue weighted by atomic mass is 32.2. The van der Waals surface area contributed by atoms with E-state index in [1.54, 1.807) is 6.92 Å². The Balaban J connectivity index is 3.64. The van der Waals surface area contributed by atoms with Crippen molar-refractivity contribution in [3.05, 3.63) is 0 Å². The molecule has 0 rings (SSSR count). The molecule has 0 aliphatic heterocycles. The first kappa shape index (κ1) is 13.6. The van der Waals surface area contributed by atoms with Crippen molar-refractivity contribution in [2.24, 2.45) is 0 Å². The van der Waals surface area contributed by atoms with Crippen LogP contribution in [-0.2, 0) is 14.6 Å². The second kappa shape index (κ2) is 6.95. The first-order valence-electron chi connectivity index (χ1n) is 4.88. The number of sulfone groups is 1. The smallest absolute Gasteiger partial charge is 0.150 e. The number of hydrogen-bond donors (Lipinski definition) is 1. The fourth-order valence-corrected chi connectivity index (χ4v) is 1.83. The van der Waals surface area contributed by atoms with E-state index in [1.165, 1.54) is 0 Å². The predicted octanol–water partition coefficient (Wildman–Crippen LogP) is 0.380. The summed E-state index contributed by atoms with van der Waals surface area (Å²) in [5.41, 5.74) is 0. The van der Waals surface area contributed by atoms with Crippen LogP contribution in [0.5, 0.6) is 0 Å². The lowest BCUT2D eigenvalue weighted by Gasteiger charge is -2.01. The van der Waals surface area contributed by atoms with E-state index in [4.69, 9.17) is 0 Å². The monoisotopic (exact) mass is 221 g/mol. The van der Waals surface area contributed by atoms with E-state index in [0.29, 0.717) is 6.42 Å². The van der Waals surface area contributed by atoms with Gasteiger partial charge in [0.25, 0.3) is 0 Å². The molecule has 0 radical (unpaired) electrons. The highest BCUT2D eigenvalue weighted by Gasteiger charge is 2.10. The van der Waals surface area contributed by atoms with E-state index in [9.17, 15) is 13.2 Å². The molecule has 0 aromatic rings. The van der Waals surface area contributed by atoms with Gasteiger partial charge in [0.1, 0.15) is 15.6 Å². The largest absolute Gasteiger partial charge is 0.320 e. The van der Waals surface area contributed by atoms with Crippen LogP contribution in [0.2, 0.25) is 0 Å². The highest BCUT2D eigenvalue weighted by Crippen LogP contribution is 1.99. The van der Waals surface area contributed by atoms with Gasteiger partial charge in [-0.15, -0.1) is 0 Å². The van der Waals surface area contributed by atoms with Gasteiger partial charge in [-0.1, -0.05) is 6.92 Å². The maximum Gasteiger partial charge on any atom is 0.150 e. The van der Waals surface area contributed by atoms with Gasteiger partial charge in [-0.05, 0) is 20.0 Å². The minimum absolute atomic E-state index is 0.00187. The fourth-order valence-electron chi connectivity index (χ4n) is 1.00. The molecule has 0 aliphatic rings. The van der Waals surface area contributed by atoms with Crippen LogP contribution in [0.25, 0.3) is 0 Å². The fraction of sp³-hybridized carbons (Fsp3) is 0.889. The molecule has 0 aliphatic carbocycles. The molecule has 1 N–H and O–H groups in total. The summed E-state index contributed by atoms with van der Waals surface area (Å²) in [4.78, 5) is 11.2. The zero-order chi connectivity index (χ0) is 11.0. The summed E-state index contributed by atoms with van der Waals surface area (Å²) in [7, 11) is -1.16. The highest BCUT2D eigenvalue weighted by molar-refractivity contribution is 7.91. The van der Waals surface area contributed by atoms with Gasteiger partial charge < -0.3 is 5.32 Å². The first-order chi connectivity index (χ1) is 6.52. The lowest BCUT2D eigenvalue weighted by Crippen LogP contribution is -2.14. The number of rotatable bonds is 8. The molecule has 0 heterocycles. The topological polar surface area (TPSA) is 63.2 Å². The average molecular weight is 221 g/mol. The molecule has 0 amide bonds. The molecular weight excluding hydrogens is 202 g/mol. The molecule has 5 heteroatoms. The lowest BCUT2D eigenvalue weighted by molar-refractivity contribution is -0.118. The number of nitrogens with one attached hydrogen (secondary N) is 1. The molecule has 0 aromatic carbocycles. The Kier molecular flexibility index (Phi) is 6.74. The van der Waals surface area contributed by atoms with Crippen LogP contribution in [0.3, 0.4) is 0 Å². The van der Waals surface area contributed by atoms with Crippen molar-refractivity contribution in [1.29, 1.82) is 0 Å². The van der Waals surface area contributed by atoms with E-state index in [-0.39, 0.29) is 23.7 Å². The summed E-state index contributed by atoms with van der Waals surface area (Å²) in [6.07, 6.45) is 1.42. The Morgan fingerprint density at radius 2 is 1.93 bits per heavy atom. The summed E-state index contributed by atoms with van der Waals surface area (Å²) in [5, 5.41) is 2.94. The molecule has 0 fully saturated rings. The van der Waals surface area contributed by atoms with Gasteiger partial charge in [-0.2, -0.15) is 0 Å². The van der Waals surface area contributed by atoms with Gasteiger partial charge in [0.05, 0.1) is 5.75 Å². The Bertz CT molecular complexity index is 259. The minimum atomic E-state index is -2.98. The summed E-state index contributed by atoms with van der Waals surface area (Å²) in [5.74, 6) is 0.163. The third kappa shape index (κ3) is 7.03. The van der Waals surface area contributed by atoms with Crippen LogP contribution in [0, 0.1) is 0 Å². The SMILES string of the molecule is CCS(=O)(=O)CCC(=O)CCCNC. The molecule has 0 aromatic heterocycles. The molecule has 14 heavy (non-hydrogen) atoms. The number of carbonyl (C=O) groups excluding carboxylic acids is 1. The molecule has 4 nitrogen and oxygen atoms in total. The molecule has 0 unspecified atom stereocenters. The second-order valence-corrected chi connectivity index (χ2v) is 5.70. The zero-order valence-electron chi connectivity index (χ0n) is 8.88. The molecule has 0 bridgehead atoms. The number of hydrogen-bond acceptors (Lipinski definition) is 4. The van der Waals surface area contributed by atoms with Gasteiger partial charge in [-0.25, -0.2) is 8.42 Å². The van der Waals surface area contributed by atoms with E-state index in [2.05, 4.69) is 5.32 Å². The van der Waals surface area contributed by atoms with Crippen molar-refractivity contribution in [2.45, 2.75) is 26.2 Å².